The molecule has 0 bridgehead atoms. The van der Waals surface area contributed by atoms with E-state index in [0.29, 0.717) is 0 Å². The normalized spacial score (nSPS) is 22.9. The summed E-state index contributed by atoms with van der Waals surface area (Å²) < 4.78 is 65.4. The van der Waals surface area contributed by atoms with Gasteiger partial charge in [-0.1, -0.05) is 0 Å². The summed E-state index contributed by atoms with van der Waals surface area (Å²) in [6.45, 7) is -1.02. The van der Waals surface area contributed by atoms with Gasteiger partial charge in [-0.25, -0.2) is 8.78 Å². The number of carbonyl (C=O) groups is 2. The van der Waals surface area contributed by atoms with Crippen LogP contribution in [0.15, 0.2) is 6.20 Å². The van der Waals surface area contributed by atoms with Gasteiger partial charge in [0.15, 0.2) is 5.82 Å². The molecule has 1 aromatic heterocycles. The monoisotopic (exact) mass is 434 g/mol. The molecule has 0 spiro atoms. The molecule has 2 heterocycles. The number of aromatic nitrogens is 2. The number of nitrogens with zero attached hydrogens (tertiary/aromatic N) is 4. The van der Waals surface area contributed by atoms with Crippen molar-refractivity contribution in [2.75, 3.05) is 25.0 Å². The highest BCUT2D eigenvalue weighted by Gasteiger charge is 2.61. The Hall–Kier alpha value is -2.75. The number of likely N-dealkylation sites (tertiary alicyclic amines) is 1. The van der Waals surface area contributed by atoms with E-state index in [1.54, 1.807) is 0 Å². The van der Waals surface area contributed by atoms with Crippen molar-refractivity contribution in [2.24, 2.45) is 11.7 Å². The molecule has 13 heteroatoms. The van der Waals surface area contributed by atoms with Crippen molar-refractivity contribution in [3.8, 4) is 6.07 Å². The highest BCUT2D eigenvalue weighted by atomic mass is 19.4. The maximum absolute atomic E-state index is 13.1. The number of piperidine rings is 1. The van der Waals surface area contributed by atoms with Crippen molar-refractivity contribution in [3.63, 3.8) is 0 Å². The van der Waals surface area contributed by atoms with Crippen LogP contribution in [0.2, 0.25) is 0 Å². The highest BCUT2D eigenvalue weighted by Crippen LogP contribution is 2.49. The Kier molecular flexibility index (Phi) is 5.48. The van der Waals surface area contributed by atoms with Gasteiger partial charge in [0.2, 0.25) is 5.91 Å². The van der Waals surface area contributed by atoms with Crippen LogP contribution in [-0.4, -0.2) is 58.2 Å². The zero-order chi connectivity index (χ0) is 22.3. The largest absolute Gasteiger partial charge is 0.401 e. The predicted molar refractivity (Wildman–Crippen MR) is 92.4 cm³/mol. The summed E-state index contributed by atoms with van der Waals surface area (Å²) in [6, 6.07) is 1.97. The van der Waals surface area contributed by atoms with Crippen LogP contribution in [-0.2, 0) is 10.3 Å². The molecule has 2 aliphatic rings. The fourth-order valence-electron chi connectivity index (χ4n) is 3.61. The van der Waals surface area contributed by atoms with Gasteiger partial charge in [-0.05, 0) is 12.8 Å². The summed E-state index contributed by atoms with van der Waals surface area (Å²) in [4.78, 5) is 24.9. The first kappa shape index (κ1) is 21.9. The third kappa shape index (κ3) is 4.53. The minimum Gasteiger partial charge on any atom is -0.365 e. The van der Waals surface area contributed by atoms with Crippen molar-refractivity contribution >= 4 is 17.6 Å². The number of nitrogens with two attached hydrogens (primary N) is 1. The average Bonchev–Trinajstić information content (AvgIpc) is 3.07. The first-order valence-electron chi connectivity index (χ1n) is 9.12. The summed E-state index contributed by atoms with van der Waals surface area (Å²) in [5.74, 6) is -6.94. The third-order valence-corrected chi connectivity index (χ3v) is 5.45. The topological polar surface area (TPSA) is 117 Å². The molecule has 3 N–H and O–H groups in total. The molecule has 8 nitrogen and oxygen atoms in total. The molecule has 1 aliphatic heterocycles. The molecule has 3 rings (SSSR count). The van der Waals surface area contributed by atoms with Crippen LogP contribution in [0.4, 0.5) is 27.8 Å². The van der Waals surface area contributed by atoms with Crippen LogP contribution in [0, 0.1) is 17.2 Å². The quantitative estimate of drug-likeness (QED) is 0.663. The van der Waals surface area contributed by atoms with Crippen LogP contribution in [0.25, 0.3) is 0 Å². The fraction of sp³-hybridized carbons (Fsp3) is 0.647. The Morgan fingerprint density at radius 1 is 1.33 bits per heavy atom. The second kappa shape index (κ2) is 7.50. The lowest BCUT2D eigenvalue weighted by Gasteiger charge is -2.40. The second-order valence-corrected chi connectivity index (χ2v) is 7.66. The lowest BCUT2D eigenvalue weighted by Crippen LogP contribution is -2.48. The van der Waals surface area contributed by atoms with Crippen LogP contribution in [0.1, 0.15) is 36.0 Å². The van der Waals surface area contributed by atoms with Crippen molar-refractivity contribution in [1.82, 2.24) is 14.7 Å². The molecule has 1 saturated carbocycles. The van der Waals surface area contributed by atoms with Gasteiger partial charge < -0.3 is 11.1 Å². The fourth-order valence-corrected chi connectivity index (χ4v) is 3.61. The number of primary amides is 1. The summed E-state index contributed by atoms with van der Waals surface area (Å²) in [5, 5.41) is 15.5. The molecule has 2 fully saturated rings. The van der Waals surface area contributed by atoms with E-state index in [9.17, 15) is 36.8 Å². The minimum absolute atomic E-state index is 0.0307. The van der Waals surface area contributed by atoms with Crippen molar-refractivity contribution in [2.45, 2.75) is 43.3 Å². The van der Waals surface area contributed by atoms with E-state index in [2.05, 4.69) is 10.4 Å². The molecular weight excluding hydrogens is 415 g/mol. The van der Waals surface area contributed by atoms with E-state index in [0.717, 1.165) is 0 Å². The van der Waals surface area contributed by atoms with Crippen LogP contribution in [0.5, 0.6) is 0 Å². The smallest absolute Gasteiger partial charge is 0.365 e. The first-order valence-corrected chi connectivity index (χ1v) is 9.12. The van der Waals surface area contributed by atoms with Gasteiger partial charge in [0, 0.05) is 25.7 Å². The standard InChI is InChI=1S/C17H19F5N6O2/c18-16(19)7-11(16)14(30)25-13-10(12(24)29)8-28(26-13)15(1-4-23)2-5-27(6-3-15)9-17(20,21)22/h8,11H,1-3,5-7,9H2,(H2,24,29)(H,25,26,30)/t11-/m1/s1. The number of nitrogens with one attached hydrogen (secondary N) is 1. The number of anilines is 1. The van der Waals surface area contributed by atoms with Gasteiger partial charge in [0.25, 0.3) is 11.8 Å². The molecule has 0 aromatic carbocycles. The van der Waals surface area contributed by atoms with Gasteiger partial charge in [-0.2, -0.15) is 23.5 Å². The summed E-state index contributed by atoms with van der Waals surface area (Å²) in [7, 11) is 0. The van der Waals surface area contributed by atoms with Gasteiger partial charge in [-0.3, -0.25) is 19.2 Å². The molecule has 1 aromatic rings. The Morgan fingerprint density at radius 3 is 2.40 bits per heavy atom. The Bertz CT molecular complexity index is 882. The first-order chi connectivity index (χ1) is 13.9. The molecular formula is C17H19F5N6O2. The van der Waals surface area contributed by atoms with Crippen molar-refractivity contribution in [1.29, 1.82) is 5.26 Å². The number of carbonyl (C=O) groups excluding carboxylic acids is 2. The minimum atomic E-state index is -4.36. The maximum Gasteiger partial charge on any atom is 0.401 e. The maximum atomic E-state index is 13.1. The van der Waals surface area contributed by atoms with E-state index >= 15 is 0 Å². The van der Waals surface area contributed by atoms with Gasteiger partial charge in [0.1, 0.15) is 11.5 Å². The number of amides is 2. The van der Waals surface area contributed by atoms with Gasteiger partial charge in [-0.15, -0.1) is 0 Å². The molecule has 2 amide bonds. The molecule has 30 heavy (non-hydrogen) atoms. The van der Waals surface area contributed by atoms with E-state index in [1.807, 2.05) is 6.07 Å². The Balaban J connectivity index is 1.83. The molecule has 1 atom stereocenters. The molecule has 0 unspecified atom stereocenters. The number of rotatable bonds is 6. The van der Waals surface area contributed by atoms with E-state index in [-0.39, 0.29) is 43.7 Å². The SMILES string of the molecule is N#CCC1(n2cc(C(N)=O)c(NC(=O)[C@H]3CC3(F)F)n2)CCN(CC(F)(F)F)CC1. The Morgan fingerprint density at radius 2 is 1.93 bits per heavy atom. The highest BCUT2D eigenvalue weighted by molar-refractivity contribution is 6.03. The summed E-state index contributed by atoms with van der Waals surface area (Å²) >= 11 is 0. The molecule has 1 saturated heterocycles. The number of halogens is 5. The number of alkyl halides is 5. The molecule has 1 aliphatic carbocycles. The number of nitriles is 1. The van der Waals surface area contributed by atoms with Crippen molar-refractivity contribution in [3.05, 3.63) is 11.8 Å². The van der Waals surface area contributed by atoms with Gasteiger partial charge >= 0.3 is 6.18 Å². The number of hydrogen-bond donors (Lipinski definition) is 2. The number of hydrogen-bond acceptors (Lipinski definition) is 5. The molecule has 0 radical (unpaired) electrons. The average molecular weight is 434 g/mol. The molecule has 164 valence electrons. The van der Waals surface area contributed by atoms with Crippen LogP contribution in [0.3, 0.4) is 0 Å². The lowest BCUT2D eigenvalue weighted by molar-refractivity contribution is -0.150. The summed E-state index contributed by atoms with van der Waals surface area (Å²) in [5.41, 5.74) is 4.04. The summed E-state index contributed by atoms with van der Waals surface area (Å²) in [6.07, 6.45) is -3.63. The predicted octanol–water partition coefficient (Wildman–Crippen LogP) is 1.84. The lowest BCUT2D eigenvalue weighted by atomic mass is 9.85. The van der Waals surface area contributed by atoms with Crippen LogP contribution >= 0.6 is 0 Å². The zero-order valence-electron chi connectivity index (χ0n) is 15.7. The van der Waals surface area contributed by atoms with E-state index in [4.69, 9.17) is 5.73 Å². The van der Waals surface area contributed by atoms with E-state index in [1.165, 1.54) is 15.8 Å². The zero-order valence-corrected chi connectivity index (χ0v) is 15.7. The van der Waals surface area contributed by atoms with Crippen molar-refractivity contribution < 1.29 is 31.5 Å². The van der Waals surface area contributed by atoms with E-state index < -0.39 is 48.3 Å². The second-order valence-electron chi connectivity index (χ2n) is 7.66. The Labute approximate surface area is 167 Å². The van der Waals surface area contributed by atoms with Gasteiger partial charge in [0.05, 0.1) is 24.6 Å². The third-order valence-electron chi connectivity index (χ3n) is 5.45. The van der Waals surface area contributed by atoms with Crippen LogP contribution < -0.4 is 11.1 Å².